The van der Waals surface area contributed by atoms with Gasteiger partial charge in [-0.3, -0.25) is 0 Å². The van der Waals surface area contributed by atoms with E-state index >= 15 is 0 Å². The molecule has 0 unspecified atom stereocenters. The van der Waals surface area contributed by atoms with E-state index in [2.05, 4.69) is 30.9 Å². The third kappa shape index (κ3) is 4.39. The van der Waals surface area contributed by atoms with E-state index in [-0.39, 0.29) is 16.3 Å². The number of nitrogens with one attached hydrogen (secondary N) is 2. The summed E-state index contributed by atoms with van der Waals surface area (Å²) < 4.78 is 63.5. The molecule has 154 valence electrons. The van der Waals surface area contributed by atoms with Gasteiger partial charge >= 0.3 is 6.18 Å². The number of pyridine rings is 1. The van der Waals surface area contributed by atoms with Crippen LogP contribution in [0.5, 0.6) is 0 Å². The maximum Gasteiger partial charge on any atom is 0.417 e. The molecule has 0 saturated heterocycles. The van der Waals surface area contributed by atoms with Crippen molar-refractivity contribution >= 4 is 32.7 Å². The molecule has 0 bridgehead atoms. The average Bonchev–Trinajstić information content (AvgIpc) is 3.22. The summed E-state index contributed by atoms with van der Waals surface area (Å²) >= 11 is 5.74. The number of hydrogen-bond donors (Lipinski definition) is 2. The lowest BCUT2D eigenvalue weighted by molar-refractivity contribution is -0.137. The highest BCUT2D eigenvalue weighted by atomic mass is 35.5. The number of tetrazole rings is 1. The maximum atomic E-state index is 12.7. The van der Waals surface area contributed by atoms with Crippen molar-refractivity contribution < 1.29 is 21.6 Å². The second-order valence-corrected chi connectivity index (χ2v) is 7.86. The first kappa shape index (κ1) is 21.2. The normalized spacial score (nSPS) is 12.4. The quantitative estimate of drug-likeness (QED) is 0.560. The zero-order valence-corrected chi connectivity index (χ0v) is 16.1. The van der Waals surface area contributed by atoms with Crippen molar-refractivity contribution in [2.24, 2.45) is 0 Å². The van der Waals surface area contributed by atoms with Crippen LogP contribution in [-0.4, -0.2) is 34.0 Å². The topological polar surface area (TPSA) is 137 Å². The summed E-state index contributed by atoms with van der Waals surface area (Å²) in [5, 5.41) is 23.4. The van der Waals surface area contributed by atoms with Crippen LogP contribution in [-0.2, 0) is 16.0 Å². The predicted molar refractivity (Wildman–Crippen MR) is 97.5 cm³/mol. The first-order chi connectivity index (χ1) is 14.1. The van der Waals surface area contributed by atoms with Gasteiger partial charge < -0.3 is 5.32 Å². The zero-order valence-electron chi connectivity index (χ0n) is 14.5. The highest BCUT2D eigenvalue weighted by Crippen LogP contribution is 2.33. The van der Waals surface area contributed by atoms with E-state index in [4.69, 9.17) is 16.9 Å². The van der Waals surface area contributed by atoms with Gasteiger partial charge in [0.15, 0.2) is 5.03 Å². The molecular weight excluding hydrogens is 447 g/mol. The van der Waals surface area contributed by atoms with Crippen molar-refractivity contribution in [1.29, 1.82) is 5.26 Å². The fraction of sp³-hybridized carbons (Fsp3) is 0.0625. The minimum Gasteiger partial charge on any atom is -0.360 e. The van der Waals surface area contributed by atoms with Crippen molar-refractivity contribution in [3.05, 3.63) is 59.1 Å². The predicted octanol–water partition coefficient (Wildman–Crippen LogP) is 3.08. The number of aromatic amines is 1. The van der Waals surface area contributed by atoms with Gasteiger partial charge in [-0.05, 0) is 35.5 Å². The van der Waals surface area contributed by atoms with Gasteiger partial charge in [-0.15, -0.1) is 10.2 Å². The molecule has 0 aliphatic heterocycles. The number of rotatable bonds is 5. The van der Waals surface area contributed by atoms with Crippen LogP contribution in [0.1, 0.15) is 11.4 Å². The SMILES string of the molecule is N#CC(=CNc1ccc(S(=O)(=O)c2ncc(C(F)(F)F)cc2Cl)cc1)c1nn[nH]n1. The molecule has 30 heavy (non-hydrogen) atoms. The summed E-state index contributed by atoms with van der Waals surface area (Å²) in [5.74, 6) is 0.0622. The molecule has 0 amide bonds. The molecule has 2 N–H and O–H groups in total. The number of anilines is 1. The van der Waals surface area contributed by atoms with E-state index in [9.17, 15) is 21.6 Å². The molecular formula is C16H9ClF3N7O2S. The number of allylic oxidation sites excluding steroid dienone is 1. The first-order valence-electron chi connectivity index (χ1n) is 7.81. The Balaban J connectivity index is 1.84. The van der Waals surface area contributed by atoms with E-state index in [0.717, 1.165) is 0 Å². The lowest BCUT2D eigenvalue weighted by atomic mass is 10.3. The molecule has 0 aliphatic carbocycles. The van der Waals surface area contributed by atoms with Crippen LogP contribution in [0.3, 0.4) is 0 Å². The molecule has 3 rings (SSSR count). The van der Waals surface area contributed by atoms with Crippen LogP contribution in [0.2, 0.25) is 5.02 Å². The fourth-order valence-electron chi connectivity index (χ4n) is 2.20. The highest BCUT2D eigenvalue weighted by Gasteiger charge is 2.33. The Hall–Kier alpha value is -3.50. The van der Waals surface area contributed by atoms with Crippen LogP contribution in [0.15, 0.2) is 52.7 Å². The smallest absolute Gasteiger partial charge is 0.360 e. The van der Waals surface area contributed by atoms with Gasteiger partial charge in [0, 0.05) is 18.1 Å². The molecule has 14 heteroatoms. The third-order valence-corrected chi connectivity index (χ3v) is 5.77. The molecule has 0 spiro atoms. The lowest BCUT2D eigenvalue weighted by Gasteiger charge is -2.10. The molecule has 1 aromatic carbocycles. The Morgan fingerprint density at radius 3 is 2.50 bits per heavy atom. The van der Waals surface area contributed by atoms with Crippen LogP contribution in [0, 0.1) is 11.3 Å². The summed E-state index contributed by atoms with van der Waals surface area (Å²) in [4.78, 5) is 3.16. The molecule has 0 aliphatic rings. The second kappa shape index (κ2) is 8.09. The average molecular weight is 456 g/mol. The van der Waals surface area contributed by atoms with Gasteiger partial charge in [0.25, 0.3) is 0 Å². The van der Waals surface area contributed by atoms with E-state index in [0.29, 0.717) is 18.0 Å². The molecule has 0 atom stereocenters. The van der Waals surface area contributed by atoms with E-state index in [1.165, 1.54) is 30.5 Å². The van der Waals surface area contributed by atoms with Gasteiger partial charge in [0.05, 0.1) is 15.5 Å². The molecule has 0 saturated carbocycles. The minimum atomic E-state index is -4.70. The summed E-state index contributed by atoms with van der Waals surface area (Å²) in [6.45, 7) is 0. The second-order valence-electron chi connectivity index (χ2n) is 5.59. The first-order valence-corrected chi connectivity index (χ1v) is 9.67. The molecule has 2 heterocycles. The minimum absolute atomic E-state index is 0.0622. The Labute approximate surface area is 172 Å². The maximum absolute atomic E-state index is 12.7. The van der Waals surface area contributed by atoms with Crippen molar-refractivity contribution in [3.63, 3.8) is 0 Å². The summed E-state index contributed by atoms with van der Waals surface area (Å²) in [5.41, 5.74) is -0.675. The number of alkyl halides is 3. The van der Waals surface area contributed by atoms with Crippen molar-refractivity contribution in [1.82, 2.24) is 25.6 Å². The number of halogens is 4. The van der Waals surface area contributed by atoms with Crippen LogP contribution >= 0.6 is 11.6 Å². The van der Waals surface area contributed by atoms with Crippen molar-refractivity contribution in [2.45, 2.75) is 16.1 Å². The summed E-state index contributed by atoms with van der Waals surface area (Å²) in [6.07, 6.45) is -3.01. The van der Waals surface area contributed by atoms with Crippen molar-refractivity contribution in [2.75, 3.05) is 5.32 Å². The largest absolute Gasteiger partial charge is 0.417 e. The standard InChI is InChI=1S/C16H9ClF3N7O2S/c17-13-5-10(16(18,19)20)8-23-15(13)30(28,29)12-3-1-11(2-4-12)22-7-9(6-21)14-24-26-27-25-14/h1-5,7-8,22H,(H,24,25,26,27). The number of nitriles is 1. The number of nitrogens with zero attached hydrogens (tertiary/aromatic N) is 5. The van der Waals surface area contributed by atoms with Gasteiger partial charge in [-0.1, -0.05) is 11.6 Å². The van der Waals surface area contributed by atoms with Gasteiger partial charge in [-0.25, -0.2) is 13.4 Å². The number of benzene rings is 1. The van der Waals surface area contributed by atoms with Crippen molar-refractivity contribution in [3.8, 4) is 6.07 Å². The number of H-pyrrole nitrogens is 1. The number of aromatic nitrogens is 5. The molecule has 3 aromatic rings. The summed E-state index contributed by atoms with van der Waals surface area (Å²) in [6, 6.07) is 7.55. The Kier molecular flexibility index (Phi) is 5.72. The number of sulfone groups is 1. The Bertz CT molecular complexity index is 1240. The monoisotopic (exact) mass is 455 g/mol. The molecule has 0 radical (unpaired) electrons. The fourth-order valence-corrected chi connectivity index (χ4v) is 3.89. The van der Waals surface area contributed by atoms with Crippen LogP contribution < -0.4 is 5.32 Å². The molecule has 0 fully saturated rings. The lowest BCUT2D eigenvalue weighted by Crippen LogP contribution is -2.10. The Morgan fingerprint density at radius 2 is 1.97 bits per heavy atom. The Morgan fingerprint density at radius 1 is 1.27 bits per heavy atom. The van der Waals surface area contributed by atoms with Crippen LogP contribution in [0.25, 0.3) is 5.57 Å². The molecule has 9 nitrogen and oxygen atoms in total. The third-order valence-electron chi connectivity index (χ3n) is 3.64. The van der Waals surface area contributed by atoms with E-state index in [1.807, 2.05) is 6.07 Å². The van der Waals surface area contributed by atoms with Gasteiger partial charge in [0.2, 0.25) is 15.7 Å². The number of hydrogen-bond acceptors (Lipinski definition) is 8. The van der Waals surface area contributed by atoms with E-state index < -0.39 is 31.6 Å². The molecule has 2 aromatic heterocycles. The van der Waals surface area contributed by atoms with Crippen LogP contribution in [0.4, 0.5) is 18.9 Å². The zero-order chi connectivity index (χ0) is 21.9. The highest BCUT2D eigenvalue weighted by molar-refractivity contribution is 7.91. The summed E-state index contributed by atoms with van der Waals surface area (Å²) in [7, 11) is -4.26. The van der Waals surface area contributed by atoms with E-state index in [1.54, 1.807) is 0 Å². The van der Waals surface area contributed by atoms with Gasteiger partial charge in [0.1, 0.15) is 11.6 Å². The van der Waals surface area contributed by atoms with Gasteiger partial charge in [-0.2, -0.15) is 23.6 Å².